The summed E-state index contributed by atoms with van der Waals surface area (Å²) in [6.45, 7) is 2.83. The molecule has 1 atom stereocenters. The molecule has 2 aliphatic rings. The Labute approximate surface area is 121 Å². The summed E-state index contributed by atoms with van der Waals surface area (Å²) in [5.74, 6) is 2.12. The van der Waals surface area contributed by atoms with Crippen LogP contribution in [0.4, 0.5) is 5.82 Å². The Morgan fingerprint density at radius 1 is 1.52 bits per heavy atom. The summed E-state index contributed by atoms with van der Waals surface area (Å²) in [5.41, 5.74) is 0.876. The first kappa shape index (κ1) is 12.5. The Morgan fingerprint density at radius 2 is 2.38 bits per heavy atom. The Bertz CT molecular complexity index is 767. The number of epoxide rings is 1. The zero-order valence-electron chi connectivity index (χ0n) is 11.7. The van der Waals surface area contributed by atoms with Gasteiger partial charge < -0.3 is 19.5 Å². The molecular weight excluding hydrogens is 272 g/mol. The molecule has 2 aliphatic heterocycles. The molecule has 2 aromatic rings. The van der Waals surface area contributed by atoms with Crippen molar-refractivity contribution in [2.75, 3.05) is 32.2 Å². The maximum Gasteiger partial charge on any atom is 0.224 e. The quantitative estimate of drug-likeness (QED) is 0.810. The van der Waals surface area contributed by atoms with Gasteiger partial charge in [0.05, 0.1) is 13.7 Å². The molecule has 0 unspecified atom stereocenters. The van der Waals surface area contributed by atoms with Gasteiger partial charge in [0.2, 0.25) is 5.62 Å². The number of rotatable bonds is 4. The van der Waals surface area contributed by atoms with Crippen molar-refractivity contribution in [3.05, 3.63) is 17.8 Å². The van der Waals surface area contributed by atoms with E-state index in [-0.39, 0.29) is 11.7 Å². The summed E-state index contributed by atoms with van der Waals surface area (Å²) in [4.78, 5) is 4.37. The summed E-state index contributed by atoms with van der Waals surface area (Å²) in [6, 6.07) is 3.84. The first-order chi connectivity index (χ1) is 10.3. The molecule has 7 nitrogen and oxygen atoms in total. The highest BCUT2D eigenvalue weighted by Crippen LogP contribution is 2.37. The van der Waals surface area contributed by atoms with Gasteiger partial charge in [-0.15, -0.1) is 0 Å². The first-order valence-electron chi connectivity index (χ1n) is 6.92. The number of ether oxygens (including phenoxy) is 3. The second-order valence-corrected chi connectivity index (χ2v) is 5.12. The smallest absolute Gasteiger partial charge is 0.224 e. The van der Waals surface area contributed by atoms with Crippen LogP contribution in [0.3, 0.4) is 0 Å². The molecular formula is C14H16N4O3. The van der Waals surface area contributed by atoms with E-state index in [1.54, 1.807) is 7.11 Å². The van der Waals surface area contributed by atoms with Crippen molar-refractivity contribution in [1.82, 2.24) is 9.55 Å². The van der Waals surface area contributed by atoms with Crippen molar-refractivity contribution in [3.63, 3.8) is 0 Å². The lowest BCUT2D eigenvalue weighted by Crippen LogP contribution is -2.21. The Hall–Kier alpha value is -2.28. The molecule has 0 bridgehead atoms. The van der Waals surface area contributed by atoms with E-state index in [4.69, 9.17) is 19.6 Å². The molecule has 4 rings (SSSR count). The summed E-state index contributed by atoms with van der Waals surface area (Å²) in [5, 5.41) is 12.3. The van der Waals surface area contributed by atoms with Gasteiger partial charge in [-0.1, -0.05) is 0 Å². The number of anilines is 1. The van der Waals surface area contributed by atoms with E-state index >= 15 is 0 Å². The lowest BCUT2D eigenvalue weighted by Gasteiger charge is -2.14. The Kier molecular flexibility index (Phi) is 2.75. The molecule has 1 aromatic carbocycles. The highest BCUT2D eigenvalue weighted by atomic mass is 16.6. The number of hydrogen-bond donors (Lipinski definition) is 2. The fourth-order valence-electron chi connectivity index (χ4n) is 2.62. The SMILES string of the molecule is COc1c(OC[C@H]2CO2)ccc2c3n(c(=N)nc12)CCN3. The fraction of sp³-hybridized carbons (Fsp3) is 0.429. The van der Waals surface area contributed by atoms with E-state index in [0.29, 0.717) is 23.6 Å². The maximum absolute atomic E-state index is 8.05. The van der Waals surface area contributed by atoms with Crippen molar-refractivity contribution in [2.24, 2.45) is 0 Å². The molecule has 1 aromatic heterocycles. The molecule has 0 radical (unpaired) electrons. The third-order valence-electron chi connectivity index (χ3n) is 3.75. The summed E-state index contributed by atoms with van der Waals surface area (Å²) in [7, 11) is 1.59. The summed E-state index contributed by atoms with van der Waals surface area (Å²) >= 11 is 0. The van der Waals surface area contributed by atoms with Gasteiger partial charge in [-0.25, -0.2) is 4.98 Å². The minimum Gasteiger partial charge on any atom is -0.491 e. The van der Waals surface area contributed by atoms with Gasteiger partial charge in [-0.2, -0.15) is 0 Å². The molecule has 1 saturated heterocycles. The van der Waals surface area contributed by atoms with Crippen LogP contribution in [0.1, 0.15) is 0 Å². The van der Waals surface area contributed by atoms with E-state index in [0.717, 1.165) is 30.9 Å². The Balaban J connectivity index is 1.86. The van der Waals surface area contributed by atoms with E-state index in [1.165, 1.54) is 0 Å². The third-order valence-corrected chi connectivity index (χ3v) is 3.75. The van der Waals surface area contributed by atoms with Gasteiger partial charge in [-0.3, -0.25) is 9.98 Å². The van der Waals surface area contributed by atoms with Crippen LogP contribution in [0, 0.1) is 5.41 Å². The highest BCUT2D eigenvalue weighted by Gasteiger charge is 2.25. The summed E-state index contributed by atoms with van der Waals surface area (Å²) < 4.78 is 18.2. The molecule has 2 N–H and O–H groups in total. The minimum atomic E-state index is 0.183. The van der Waals surface area contributed by atoms with Crippen LogP contribution < -0.4 is 20.4 Å². The second kappa shape index (κ2) is 4.63. The number of methoxy groups -OCH3 is 1. The van der Waals surface area contributed by atoms with Crippen LogP contribution in [-0.2, 0) is 11.3 Å². The highest BCUT2D eigenvalue weighted by molar-refractivity contribution is 5.95. The third kappa shape index (κ3) is 2.01. The molecule has 3 heterocycles. The van der Waals surface area contributed by atoms with Crippen molar-refractivity contribution >= 4 is 16.7 Å². The van der Waals surface area contributed by atoms with E-state index < -0.39 is 0 Å². The normalized spacial score (nSPS) is 19.2. The molecule has 0 saturated carbocycles. The predicted molar refractivity (Wildman–Crippen MR) is 75.9 cm³/mol. The van der Waals surface area contributed by atoms with Crippen LogP contribution in [0.15, 0.2) is 12.1 Å². The van der Waals surface area contributed by atoms with Crippen LogP contribution in [0.25, 0.3) is 10.9 Å². The van der Waals surface area contributed by atoms with Crippen LogP contribution in [-0.4, -0.2) is 42.5 Å². The second-order valence-electron chi connectivity index (χ2n) is 5.12. The van der Waals surface area contributed by atoms with Crippen molar-refractivity contribution < 1.29 is 14.2 Å². The number of nitrogens with one attached hydrogen (secondary N) is 2. The lowest BCUT2D eigenvalue weighted by atomic mass is 10.2. The van der Waals surface area contributed by atoms with Gasteiger partial charge in [0.25, 0.3) is 0 Å². The minimum absolute atomic E-state index is 0.183. The average molecular weight is 288 g/mol. The molecule has 21 heavy (non-hydrogen) atoms. The van der Waals surface area contributed by atoms with Crippen molar-refractivity contribution in [3.8, 4) is 11.5 Å². The monoisotopic (exact) mass is 288 g/mol. The first-order valence-corrected chi connectivity index (χ1v) is 6.92. The number of hydrogen-bond acceptors (Lipinski definition) is 6. The van der Waals surface area contributed by atoms with Crippen LogP contribution in [0.2, 0.25) is 0 Å². The standard InChI is InChI=1S/C14H16N4O3/c1-19-12-10(21-7-8-6-20-8)3-2-9-11(12)17-14(15)18-5-4-16-13(9)18/h2-3,8,15-16H,4-7H2,1H3/t8-/m1/s1. The van der Waals surface area contributed by atoms with Gasteiger partial charge >= 0.3 is 0 Å². The van der Waals surface area contributed by atoms with Crippen LogP contribution >= 0.6 is 0 Å². The molecule has 7 heteroatoms. The van der Waals surface area contributed by atoms with Gasteiger partial charge in [0.15, 0.2) is 11.5 Å². The van der Waals surface area contributed by atoms with Crippen LogP contribution in [0.5, 0.6) is 11.5 Å². The fourth-order valence-corrected chi connectivity index (χ4v) is 2.62. The zero-order valence-corrected chi connectivity index (χ0v) is 11.7. The largest absolute Gasteiger partial charge is 0.491 e. The molecule has 0 spiro atoms. The maximum atomic E-state index is 8.05. The predicted octanol–water partition coefficient (Wildman–Crippen LogP) is 0.727. The molecule has 0 aliphatic carbocycles. The average Bonchev–Trinajstić information content (AvgIpc) is 3.18. The van der Waals surface area contributed by atoms with E-state index in [9.17, 15) is 0 Å². The number of aromatic nitrogens is 2. The zero-order chi connectivity index (χ0) is 14.4. The summed E-state index contributed by atoms with van der Waals surface area (Å²) in [6.07, 6.45) is 0.183. The number of fused-ring (bicyclic) bond motifs is 3. The van der Waals surface area contributed by atoms with E-state index in [2.05, 4.69) is 10.3 Å². The lowest BCUT2D eigenvalue weighted by molar-refractivity contribution is 0.253. The number of benzene rings is 1. The van der Waals surface area contributed by atoms with E-state index in [1.807, 2.05) is 16.7 Å². The molecule has 110 valence electrons. The molecule has 1 fully saturated rings. The molecule has 0 amide bonds. The van der Waals surface area contributed by atoms with Crippen molar-refractivity contribution in [2.45, 2.75) is 12.6 Å². The van der Waals surface area contributed by atoms with Gasteiger partial charge in [0, 0.05) is 18.5 Å². The van der Waals surface area contributed by atoms with Crippen molar-refractivity contribution in [1.29, 1.82) is 5.41 Å². The van der Waals surface area contributed by atoms with Gasteiger partial charge in [-0.05, 0) is 12.1 Å². The topological polar surface area (TPSA) is 84.7 Å². The Morgan fingerprint density at radius 3 is 3.14 bits per heavy atom. The van der Waals surface area contributed by atoms with Gasteiger partial charge in [0.1, 0.15) is 24.0 Å². The number of nitrogens with zero attached hydrogens (tertiary/aromatic N) is 2.